The van der Waals surface area contributed by atoms with Crippen LogP contribution in [0, 0.1) is 0 Å². The molecule has 1 nitrogen and oxygen atoms in total. The third-order valence-electron chi connectivity index (χ3n) is 1.25. The van der Waals surface area contributed by atoms with Crippen molar-refractivity contribution >= 4 is 12.2 Å². The maximum absolute atomic E-state index is 3.00. The largest absolute Gasteiger partial charge is 0.366 e. The van der Waals surface area contributed by atoms with Crippen LogP contribution in [-0.2, 0) is 0 Å². The van der Waals surface area contributed by atoms with Crippen molar-refractivity contribution in [1.29, 1.82) is 0 Å². The van der Waals surface area contributed by atoms with Gasteiger partial charge in [-0.2, -0.15) is 0 Å². The standard InChI is InChI=1S/C6H5N/c1-2-6-4-7-3-5(1)6/h1-4,7H. The van der Waals surface area contributed by atoms with Crippen LogP contribution < -0.4 is 0 Å². The molecule has 1 aromatic heterocycles. The van der Waals surface area contributed by atoms with Crippen LogP contribution in [0.3, 0.4) is 0 Å². The molecule has 1 heterocycles. The molecule has 1 aliphatic carbocycles. The Labute approximate surface area is 41.7 Å². The van der Waals surface area contributed by atoms with Gasteiger partial charge in [-0.15, -0.1) is 0 Å². The first-order valence-corrected chi connectivity index (χ1v) is 2.32. The minimum atomic E-state index is 1.33. The summed E-state index contributed by atoms with van der Waals surface area (Å²) >= 11 is 0. The van der Waals surface area contributed by atoms with E-state index in [-0.39, 0.29) is 0 Å². The molecule has 0 unspecified atom stereocenters. The second-order valence-corrected chi connectivity index (χ2v) is 1.70. The van der Waals surface area contributed by atoms with Gasteiger partial charge in [0.2, 0.25) is 0 Å². The molecule has 0 fully saturated rings. The zero-order valence-corrected chi connectivity index (χ0v) is 3.81. The molecule has 0 saturated carbocycles. The Morgan fingerprint density at radius 2 is 1.57 bits per heavy atom. The van der Waals surface area contributed by atoms with E-state index in [1.165, 1.54) is 11.1 Å². The van der Waals surface area contributed by atoms with Crippen LogP contribution in [-0.4, -0.2) is 4.98 Å². The van der Waals surface area contributed by atoms with E-state index in [1.54, 1.807) is 0 Å². The summed E-state index contributed by atoms with van der Waals surface area (Å²) in [5, 5.41) is 0. The number of hydrogen-bond acceptors (Lipinski definition) is 0. The highest BCUT2D eigenvalue weighted by atomic mass is 14.6. The average molecular weight is 91.1 g/mol. The summed E-state index contributed by atoms with van der Waals surface area (Å²) in [7, 11) is 0. The van der Waals surface area contributed by atoms with Crippen LogP contribution >= 0.6 is 0 Å². The van der Waals surface area contributed by atoms with Crippen molar-refractivity contribution in [2.24, 2.45) is 0 Å². The molecule has 0 amide bonds. The fourth-order valence-electron chi connectivity index (χ4n) is 0.760. The van der Waals surface area contributed by atoms with E-state index in [4.69, 9.17) is 0 Å². The molecule has 0 aliphatic heterocycles. The van der Waals surface area contributed by atoms with Gasteiger partial charge in [0.05, 0.1) is 0 Å². The van der Waals surface area contributed by atoms with Crippen LogP contribution in [0.1, 0.15) is 11.1 Å². The molecule has 2 rings (SSSR count). The fourth-order valence-corrected chi connectivity index (χ4v) is 0.760. The molecule has 0 aromatic carbocycles. The van der Waals surface area contributed by atoms with E-state index >= 15 is 0 Å². The Bertz CT molecular complexity index is 187. The Morgan fingerprint density at radius 3 is 1.86 bits per heavy atom. The van der Waals surface area contributed by atoms with Gasteiger partial charge in [0.1, 0.15) is 0 Å². The average Bonchev–Trinajstić information content (AvgIpc) is 1.85. The van der Waals surface area contributed by atoms with Gasteiger partial charge in [-0.05, 0) is 11.1 Å². The summed E-state index contributed by atoms with van der Waals surface area (Å²) < 4.78 is 0. The van der Waals surface area contributed by atoms with E-state index in [0.29, 0.717) is 0 Å². The highest BCUT2D eigenvalue weighted by Crippen LogP contribution is 2.21. The van der Waals surface area contributed by atoms with Crippen LogP contribution in [0.2, 0.25) is 0 Å². The summed E-state index contributed by atoms with van der Waals surface area (Å²) in [5.41, 5.74) is 2.67. The predicted molar refractivity (Wildman–Crippen MR) is 29.7 cm³/mol. The van der Waals surface area contributed by atoms with Crippen molar-refractivity contribution in [1.82, 2.24) is 4.98 Å². The monoisotopic (exact) mass is 91.0 g/mol. The fraction of sp³-hybridized carbons (Fsp3) is 0. The van der Waals surface area contributed by atoms with E-state index in [2.05, 4.69) is 17.1 Å². The van der Waals surface area contributed by atoms with Crippen LogP contribution in [0.15, 0.2) is 12.4 Å². The van der Waals surface area contributed by atoms with Gasteiger partial charge in [0, 0.05) is 12.4 Å². The summed E-state index contributed by atoms with van der Waals surface area (Å²) in [6, 6.07) is 0. The quantitative estimate of drug-likeness (QED) is 0.505. The van der Waals surface area contributed by atoms with Crippen LogP contribution in [0.4, 0.5) is 0 Å². The van der Waals surface area contributed by atoms with Crippen molar-refractivity contribution < 1.29 is 0 Å². The Morgan fingerprint density at radius 1 is 1.00 bits per heavy atom. The van der Waals surface area contributed by atoms with E-state index < -0.39 is 0 Å². The Balaban J connectivity index is 2.79. The number of nitrogens with one attached hydrogen (secondary N) is 1. The molecule has 34 valence electrons. The van der Waals surface area contributed by atoms with Crippen molar-refractivity contribution in [3.63, 3.8) is 0 Å². The first kappa shape index (κ1) is 3.08. The number of H-pyrrole nitrogens is 1. The summed E-state index contributed by atoms with van der Waals surface area (Å²) in [6.07, 6.45) is 8.17. The first-order valence-electron chi connectivity index (χ1n) is 2.32. The lowest BCUT2D eigenvalue weighted by Crippen LogP contribution is -1.77. The molecule has 0 radical (unpaired) electrons. The smallest absolute Gasteiger partial charge is 0.00843 e. The van der Waals surface area contributed by atoms with Crippen molar-refractivity contribution in [2.75, 3.05) is 0 Å². The molecule has 0 bridgehead atoms. The molecule has 0 atom stereocenters. The number of aromatic amines is 1. The maximum Gasteiger partial charge on any atom is 0.00843 e. The summed E-state index contributed by atoms with van der Waals surface area (Å²) in [5.74, 6) is 0. The summed E-state index contributed by atoms with van der Waals surface area (Å²) in [4.78, 5) is 3.00. The minimum absolute atomic E-state index is 1.33. The topological polar surface area (TPSA) is 15.8 Å². The molecule has 1 N–H and O–H groups in total. The number of rotatable bonds is 0. The van der Waals surface area contributed by atoms with Gasteiger partial charge < -0.3 is 4.98 Å². The van der Waals surface area contributed by atoms with Crippen molar-refractivity contribution in [3.05, 3.63) is 23.5 Å². The Kier molecular flexibility index (Phi) is 0.355. The lowest BCUT2D eigenvalue weighted by atomic mass is 10.1. The third-order valence-corrected chi connectivity index (χ3v) is 1.25. The summed E-state index contributed by atoms with van der Waals surface area (Å²) in [6.45, 7) is 0. The third kappa shape index (κ3) is 0.233. The van der Waals surface area contributed by atoms with Gasteiger partial charge in [-0.1, -0.05) is 12.2 Å². The number of hydrogen-bond donors (Lipinski definition) is 1. The molecule has 1 heteroatoms. The van der Waals surface area contributed by atoms with E-state index in [1.807, 2.05) is 12.4 Å². The Hall–Kier alpha value is -0.980. The first-order chi connectivity index (χ1) is 3.47. The minimum Gasteiger partial charge on any atom is -0.366 e. The SMILES string of the molecule is C1=Cc2c[nH]cc21. The van der Waals surface area contributed by atoms with E-state index in [0.717, 1.165) is 0 Å². The second kappa shape index (κ2) is 0.808. The highest BCUT2D eigenvalue weighted by Gasteiger charge is 2.02. The molecular weight excluding hydrogens is 86.1 g/mol. The van der Waals surface area contributed by atoms with Crippen molar-refractivity contribution in [2.45, 2.75) is 0 Å². The molecular formula is C6H5N. The predicted octanol–water partition coefficient (Wildman–Crippen LogP) is 1.50. The van der Waals surface area contributed by atoms with Gasteiger partial charge >= 0.3 is 0 Å². The lowest BCUT2D eigenvalue weighted by molar-refractivity contribution is 1.41. The lowest BCUT2D eigenvalue weighted by Gasteiger charge is -1.97. The number of aromatic nitrogens is 1. The second-order valence-electron chi connectivity index (χ2n) is 1.70. The number of fused-ring (bicyclic) bond motifs is 1. The van der Waals surface area contributed by atoms with Crippen LogP contribution in [0.5, 0.6) is 0 Å². The normalized spacial score (nSPS) is 13.1. The van der Waals surface area contributed by atoms with E-state index in [9.17, 15) is 0 Å². The molecule has 1 aromatic rings. The van der Waals surface area contributed by atoms with Crippen LogP contribution in [0.25, 0.3) is 12.2 Å². The van der Waals surface area contributed by atoms with Gasteiger partial charge in [-0.3, -0.25) is 0 Å². The van der Waals surface area contributed by atoms with Gasteiger partial charge in [-0.25, -0.2) is 0 Å². The van der Waals surface area contributed by atoms with Gasteiger partial charge in [0.25, 0.3) is 0 Å². The van der Waals surface area contributed by atoms with Gasteiger partial charge in [0.15, 0.2) is 0 Å². The highest BCUT2D eigenvalue weighted by molar-refractivity contribution is 5.85. The van der Waals surface area contributed by atoms with Crippen molar-refractivity contribution in [3.8, 4) is 0 Å². The molecule has 7 heavy (non-hydrogen) atoms. The molecule has 0 saturated heterocycles. The molecule has 0 spiro atoms. The zero-order chi connectivity index (χ0) is 4.69. The maximum atomic E-state index is 3.00. The zero-order valence-electron chi connectivity index (χ0n) is 3.81. The molecule has 1 aliphatic rings.